The summed E-state index contributed by atoms with van der Waals surface area (Å²) >= 11 is 0. The summed E-state index contributed by atoms with van der Waals surface area (Å²) in [5.74, 6) is 4.21. The van der Waals surface area contributed by atoms with Gasteiger partial charge in [-0.25, -0.2) is 0 Å². The van der Waals surface area contributed by atoms with Crippen molar-refractivity contribution in [3.63, 3.8) is 0 Å². The predicted molar refractivity (Wildman–Crippen MR) is 162 cm³/mol. The average Bonchev–Trinajstić information content (AvgIpc) is 3.30. The molecule has 3 saturated carbocycles. The Kier molecular flexibility index (Phi) is 9.25. The molecule has 1 N–H and O–H groups in total. The fourth-order valence-electron chi connectivity index (χ4n) is 10.3. The third-order valence-corrected chi connectivity index (χ3v) is 13.5. The molecule has 4 aliphatic carbocycles. The van der Waals surface area contributed by atoms with Crippen LogP contribution in [0.25, 0.3) is 0 Å². The molecule has 0 spiro atoms. The molecule has 224 valence electrons. The maximum absolute atomic E-state index is 12.5. The lowest BCUT2D eigenvalue weighted by Crippen LogP contribution is -2.51. The van der Waals surface area contributed by atoms with Crippen LogP contribution >= 0.6 is 0 Å². The second-order valence-corrected chi connectivity index (χ2v) is 16.1. The lowest BCUT2D eigenvalue weighted by atomic mass is 9.45. The standard InChI is InChI=1S/C35H54O4S/c1-5-20-35-22-18-28(36)23-27(35)14-15-30-32-17-16-31(34(32,4)21-19-33(30)35)26(3)11-9-10-25(2)24-39-40(37,38)29-12-7-6-8-13-29/h6-8,12-14,25-26,28,30-33,36H,5,9-11,15-24H2,1-4H3/t25?,26-,28+,30+,31-,32+,33+,34-,35+/m1/s1. The van der Waals surface area contributed by atoms with Gasteiger partial charge in [0.1, 0.15) is 0 Å². The lowest BCUT2D eigenvalue weighted by molar-refractivity contribution is -0.0661. The van der Waals surface area contributed by atoms with Crippen molar-refractivity contribution in [2.45, 2.75) is 122 Å². The molecular formula is C35H54O4S. The molecular weight excluding hydrogens is 516 g/mol. The van der Waals surface area contributed by atoms with Crippen LogP contribution in [-0.2, 0) is 14.3 Å². The molecule has 0 amide bonds. The van der Waals surface area contributed by atoms with Gasteiger partial charge in [0.05, 0.1) is 17.6 Å². The summed E-state index contributed by atoms with van der Waals surface area (Å²) in [4.78, 5) is 0.237. The molecule has 5 rings (SSSR count). The summed E-state index contributed by atoms with van der Waals surface area (Å²) in [5.41, 5.74) is 2.44. The topological polar surface area (TPSA) is 63.6 Å². The molecule has 1 aromatic carbocycles. The van der Waals surface area contributed by atoms with Crippen LogP contribution in [-0.4, -0.2) is 26.2 Å². The second-order valence-electron chi connectivity index (χ2n) is 14.4. The van der Waals surface area contributed by atoms with Gasteiger partial charge in [0, 0.05) is 0 Å². The molecule has 5 heteroatoms. The number of aliphatic hydroxyl groups is 1. The molecule has 0 radical (unpaired) electrons. The van der Waals surface area contributed by atoms with Crippen LogP contribution in [0.4, 0.5) is 0 Å². The first-order chi connectivity index (χ1) is 19.1. The number of hydrogen-bond donors (Lipinski definition) is 1. The first-order valence-corrected chi connectivity index (χ1v) is 17.8. The molecule has 0 saturated heterocycles. The van der Waals surface area contributed by atoms with E-state index in [-0.39, 0.29) is 23.5 Å². The molecule has 0 aliphatic heterocycles. The van der Waals surface area contributed by atoms with E-state index in [4.69, 9.17) is 4.18 Å². The number of allylic oxidation sites excluding steroid dienone is 1. The molecule has 4 nitrogen and oxygen atoms in total. The van der Waals surface area contributed by atoms with Crippen molar-refractivity contribution in [2.24, 2.45) is 46.3 Å². The zero-order chi connectivity index (χ0) is 28.5. The summed E-state index contributed by atoms with van der Waals surface area (Å²) < 4.78 is 30.3. The molecule has 0 aromatic heterocycles. The number of hydrogen-bond acceptors (Lipinski definition) is 4. The van der Waals surface area contributed by atoms with Crippen molar-refractivity contribution in [1.82, 2.24) is 0 Å². The normalized spacial score (nSPS) is 37.1. The minimum Gasteiger partial charge on any atom is -0.393 e. The summed E-state index contributed by atoms with van der Waals surface area (Å²) in [6.45, 7) is 9.86. The first kappa shape index (κ1) is 30.3. The molecule has 0 heterocycles. The van der Waals surface area contributed by atoms with E-state index in [1.54, 1.807) is 29.8 Å². The molecule has 3 fully saturated rings. The molecule has 1 aromatic rings. The average molecular weight is 571 g/mol. The van der Waals surface area contributed by atoms with Gasteiger partial charge >= 0.3 is 0 Å². The van der Waals surface area contributed by atoms with Crippen LogP contribution in [0, 0.1) is 46.3 Å². The van der Waals surface area contributed by atoms with Crippen molar-refractivity contribution in [3.8, 4) is 0 Å². The highest BCUT2D eigenvalue weighted by atomic mass is 32.2. The van der Waals surface area contributed by atoms with Crippen LogP contribution in [0.5, 0.6) is 0 Å². The van der Waals surface area contributed by atoms with Gasteiger partial charge in [-0.2, -0.15) is 8.42 Å². The van der Waals surface area contributed by atoms with E-state index in [9.17, 15) is 13.5 Å². The van der Waals surface area contributed by atoms with Crippen LogP contribution in [0.1, 0.15) is 111 Å². The Bertz CT molecular complexity index is 1130. The quantitative estimate of drug-likeness (QED) is 0.214. The van der Waals surface area contributed by atoms with Crippen LogP contribution in [0.2, 0.25) is 0 Å². The largest absolute Gasteiger partial charge is 0.393 e. The van der Waals surface area contributed by atoms with E-state index in [0.717, 1.165) is 49.4 Å². The fraction of sp³-hybridized carbons (Fsp3) is 0.771. The van der Waals surface area contributed by atoms with Gasteiger partial charge in [-0.3, -0.25) is 4.18 Å². The van der Waals surface area contributed by atoms with E-state index < -0.39 is 10.1 Å². The molecule has 9 atom stereocenters. The fourth-order valence-corrected chi connectivity index (χ4v) is 11.3. The van der Waals surface area contributed by atoms with Crippen molar-refractivity contribution in [1.29, 1.82) is 0 Å². The Morgan fingerprint density at radius 2 is 1.80 bits per heavy atom. The molecule has 0 bridgehead atoms. The summed E-state index contributed by atoms with van der Waals surface area (Å²) in [6, 6.07) is 8.46. The van der Waals surface area contributed by atoms with Gasteiger partial charge in [0.2, 0.25) is 0 Å². The summed E-state index contributed by atoms with van der Waals surface area (Å²) in [5, 5.41) is 10.5. The highest BCUT2D eigenvalue weighted by Crippen LogP contribution is 2.68. The van der Waals surface area contributed by atoms with E-state index in [0.29, 0.717) is 16.7 Å². The minimum absolute atomic E-state index is 0.124. The van der Waals surface area contributed by atoms with Crippen LogP contribution < -0.4 is 0 Å². The van der Waals surface area contributed by atoms with Crippen molar-refractivity contribution < 1.29 is 17.7 Å². The van der Waals surface area contributed by atoms with Crippen LogP contribution in [0.15, 0.2) is 46.9 Å². The number of fused-ring (bicyclic) bond motifs is 5. The summed E-state index contributed by atoms with van der Waals surface area (Å²) in [6.07, 6.45) is 18.3. The second kappa shape index (κ2) is 12.2. The number of rotatable bonds is 11. The van der Waals surface area contributed by atoms with Gasteiger partial charge in [-0.15, -0.1) is 0 Å². The molecule has 1 unspecified atom stereocenters. The third-order valence-electron chi connectivity index (χ3n) is 12.2. The first-order valence-electron chi connectivity index (χ1n) is 16.4. The maximum atomic E-state index is 12.5. The van der Waals surface area contributed by atoms with Gasteiger partial charge in [-0.1, -0.05) is 76.8 Å². The Morgan fingerprint density at radius 3 is 2.55 bits per heavy atom. The molecule has 4 aliphatic rings. The Labute approximate surface area is 244 Å². The van der Waals surface area contributed by atoms with Gasteiger partial charge in [0.15, 0.2) is 0 Å². The highest BCUT2D eigenvalue weighted by molar-refractivity contribution is 7.86. The highest BCUT2D eigenvalue weighted by Gasteiger charge is 2.59. The maximum Gasteiger partial charge on any atom is 0.296 e. The van der Waals surface area contributed by atoms with E-state index in [1.165, 1.54) is 57.8 Å². The number of aliphatic hydroxyl groups excluding tert-OH is 1. The zero-order valence-corrected chi connectivity index (χ0v) is 26.3. The van der Waals surface area contributed by atoms with Crippen molar-refractivity contribution >= 4 is 10.1 Å². The minimum atomic E-state index is -3.68. The lowest BCUT2D eigenvalue weighted by Gasteiger charge is -2.59. The third kappa shape index (κ3) is 5.73. The molecule has 40 heavy (non-hydrogen) atoms. The van der Waals surface area contributed by atoms with Gasteiger partial charge in [0.25, 0.3) is 10.1 Å². The monoisotopic (exact) mass is 570 g/mol. The predicted octanol–water partition coefficient (Wildman–Crippen LogP) is 8.55. The smallest absolute Gasteiger partial charge is 0.296 e. The Morgan fingerprint density at radius 1 is 1.02 bits per heavy atom. The SMILES string of the molecule is CCC[C@]12CC[C@H](O)CC1=CC[C@@H]1[C@@H]2CC[C@]2(C)[C@@H]([C@H](C)CCCC(C)COS(=O)(=O)c3ccccc3)CC[C@@H]12. The van der Waals surface area contributed by atoms with Gasteiger partial charge in [-0.05, 0) is 123 Å². The Hall–Kier alpha value is -1.17. The zero-order valence-electron chi connectivity index (χ0n) is 25.5. The van der Waals surface area contributed by atoms with Gasteiger partial charge < -0.3 is 5.11 Å². The number of benzene rings is 1. The van der Waals surface area contributed by atoms with Crippen molar-refractivity contribution in [3.05, 3.63) is 42.0 Å². The van der Waals surface area contributed by atoms with Crippen molar-refractivity contribution in [2.75, 3.05) is 6.61 Å². The summed E-state index contributed by atoms with van der Waals surface area (Å²) in [7, 11) is -3.68. The van der Waals surface area contributed by atoms with E-state index >= 15 is 0 Å². The van der Waals surface area contributed by atoms with E-state index in [1.807, 2.05) is 6.07 Å². The Balaban J connectivity index is 1.16. The van der Waals surface area contributed by atoms with E-state index in [2.05, 4.69) is 33.8 Å². The van der Waals surface area contributed by atoms with Crippen LogP contribution in [0.3, 0.4) is 0 Å².